The molecule has 1 N–H and O–H groups in total. The van der Waals surface area contributed by atoms with Crippen LogP contribution in [0.4, 0.5) is 0 Å². The van der Waals surface area contributed by atoms with E-state index in [0.717, 1.165) is 33.0 Å². The second kappa shape index (κ2) is 22.1. The third-order valence-electron chi connectivity index (χ3n) is 14.3. The molecule has 81 heavy (non-hydrogen) atoms. The Labute approximate surface area is 476 Å². The van der Waals surface area contributed by atoms with Crippen LogP contribution in [0.1, 0.15) is 23.8 Å². The van der Waals surface area contributed by atoms with E-state index in [1.165, 1.54) is 0 Å². The first kappa shape index (κ1) is 52.4. The highest BCUT2D eigenvalue weighted by atomic mass is 35.5. The van der Waals surface area contributed by atoms with Gasteiger partial charge in [-0.25, -0.2) is 14.8 Å². The number of benzene rings is 8. The summed E-state index contributed by atoms with van der Waals surface area (Å²) in [5.74, 6) is 0.0448. The van der Waals surface area contributed by atoms with Gasteiger partial charge in [0.1, 0.15) is 28.4 Å². The maximum absolute atomic E-state index is 12.2. The van der Waals surface area contributed by atoms with E-state index in [2.05, 4.69) is 74.5 Å². The fourth-order valence-electron chi connectivity index (χ4n) is 10.9. The summed E-state index contributed by atoms with van der Waals surface area (Å²) in [6, 6.07) is 68.7. The average Bonchev–Trinajstić information content (AvgIpc) is 4.41. The van der Waals surface area contributed by atoms with Gasteiger partial charge >= 0.3 is 13.7 Å². The number of nitriles is 1. The molecule has 392 valence electrons. The second-order valence-electron chi connectivity index (χ2n) is 19.4. The molecule has 8 aromatic carbocycles. The van der Waals surface area contributed by atoms with Crippen LogP contribution < -0.4 is 37.3 Å². The molecule has 4 heterocycles. The van der Waals surface area contributed by atoms with Gasteiger partial charge < -0.3 is 22.5 Å². The Morgan fingerprint density at radius 3 is 1.60 bits per heavy atom. The number of aryl methyl sites for hydroxylation is 1. The fourth-order valence-corrected chi connectivity index (χ4v) is 11.7. The van der Waals surface area contributed by atoms with Crippen molar-refractivity contribution in [2.45, 2.75) is 13.3 Å². The van der Waals surface area contributed by atoms with Crippen LogP contribution in [0.2, 0.25) is 10.0 Å². The van der Waals surface area contributed by atoms with Gasteiger partial charge in [-0.3, -0.25) is 4.55 Å². The molecule has 0 unspecified atom stereocenters. The summed E-state index contributed by atoms with van der Waals surface area (Å²) in [6.07, 6.45) is 0.0534. The lowest BCUT2D eigenvalue weighted by atomic mass is 9.50. The number of hydrogen-bond donors (Lipinski definition) is 1. The Balaban J connectivity index is 1.39. The smallest absolute Gasteiger partial charge is 0.328 e. The third kappa shape index (κ3) is 10.1. The maximum atomic E-state index is 12.2. The number of oxazole rings is 2. The molecule has 0 spiro atoms. The minimum Gasteiger partial charge on any atom is -0.494 e. The van der Waals surface area contributed by atoms with Crippen LogP contribution in [0.3, 0.4) is 0 Å². The lowest BCUT2D eigenvalue weighted by molar-refractivity contribution is 0.316. The summed E-state index contributed by atoms with van der Waals surface area (Å²) in [6.45, 7) is 10.2. The molecule has 0 aliphatic carbocycles. The van der Waals surface area contributed by atoms with Crippen molar-refractivity contribution in [3.63, 3.8) is 0 Å². The zero-order chi connectivity index (χ0) is 55.8. The highest BCUT2D eigenvalue weighted by molar-refractivity contribution is 7.85. The zero-order valence-electron chi connectivity index (χ0n) is 43.2. The van der Waals surface area contributed by atoms with Crippen LogP contribution in [-0.2, 0) is 10.1 Å². The molecule has 0 amide bonds. The molecule has 0 atom stereocenters. The van der Waals surface area contributed by atoms with Gasteiger partial charge in [0.15, 0.2) is 11.2 Å². The summed E-state index contributed by atoms with van der Waals surface area (Å²) in [7, 11) is -4.21. The molecule has 0 radical (unpaired) electrons. The monoisotopic (exact) mass is 1120 g/mol. The van der Waals surface area contributed by atoms with E-state index >= 15 is 0 Å². The predicted molar refractivity (Wildman–Crippen MR) is 323 cm³/mol. The van der Waals surface area contributed by atoms with Gasteiger partial charge in [-0.1, -0.05) is 191 Å². The van der Waals surface area contributed by atoms with Crippen molar-refractivity contribution in [2.75, 3.05) is 12.4 Å². The molecule has 0 aliphatic heterocycles. The van der Waals surface area contributed by atoms with Gasteiger partial charge in [0, 0.05) is 49.9 Å². The summed E-state index contributed by atoms with van der Waals surface area (Å²) in [5, 5.41) is 15.1. The van der Waals surface area contributed by atoms with E-state index in [0.29, 0.717) is 76.4 Å². The van der Waals surface area contributed by atoms with Crippen molar-refractivity contribution in [1.82, 2.24) is 18.9 Å². The number of nitrogens with zero attached hydrogens (tertiary/aromatic N) is 6. The number of halogens is 2. The quantitative estimate of drug-likeness (QED) is 0.0457. The standard InChI is InChI=1S/C64H44B2Cl2N6O6S/c1-41-18-15-16-27-50(41)60-57-56(61(51(40-69)63-71-52-34-30-47(67)38-54(52)79-63)74(60)66(45-23-11-5-12-24-45)46-25-13-6-14-26-46)59(42-28-32-49(33-29-42)78-36-17-37-81(75,76)77)73(65(43-19-7-3-8-20-43)44-21-9-4-10-22-44)62(57)58(70-2)64-72-53-35-31-48(68)39-55(53)80-64/h3-16,18-35,38-39H,17,36-37H2,1H3,(H,75,76,77)/b61-51-,62-58+. The summed E-state index contributed by atoms with van der Waals surface area (Å²) < 4.78 is 56.7. The van der Waals surface area contributed by atoms with Gasteiger partial charge in [0.2, 0.25) is 11.8 Å². The largest absolute Gasteiger partial charge is 0.494 e. The van der Waals surface area contributed by atoms with Crippen LogP contribution in [0.5, 0.6) is 5.75 Å². The topological polar surface area (TPSA) is 154 Å². The molecule has 12 aromatic rings. The summed E-state index contributed by atoms with van der Waals surface area (Å²) >= 11 is 13.2. The fraction of sp³-hybridized carbons (Fsp3) is 0.0625. The van der Waals surface area contributed by atoms with Crippen LogP contribution in [0, 0.1) is 24.8 Å². The van der Waals surface area contributed by atoms with Crippen molar-refractivity contribution in [3.8, 4) is 34.3 Å². The van der Waals surface area contributed by atoms with Crippen molar-refractivity contribution >= 4 is 113 Å². The molecular formula is C64H44B2Cl2N6O6S. The lowest BCUT2D eigenvalue weighted by Gasteiger charge is -2.24. The lowest BCUT2D eigenvalue weighted by Crippen LogP contribution is -2.54. The Morgan fingerprint density at radius 2 is 1.11 bits per heavy atom. The Morgan fingerprint density at radius 1 is 0.642 bits per heavy atom. The minimum atomic E-state index is -4.21. The molecule has 12 nitrogen and oxygen atoms in total. The minimum absolute atomic E-state index is 0.0103. The number of rotatable bonds is 15. The Kier molecular flexibility index (Phi) is 14.3. The number of fused-ring (bicyclic) bond motifs is 3. The van der Waals surface area contributed by atoms with Crippen molar-refractivity contribution in [2.24, 2.45) is 0 Å². The predicted octanol–water partition coefficient (Wildman–Crippen LogP) is 10.4. The second-order valence-corrected chi connectivity index (χ2v) is 21.8. The zero-order valence-corrected chi connectivity index (χ0v) is 45.6. The van der Waals surface area contributed by atoms with E-state index in [1.54, 1.807) is 48.5 Å². The van der Waals surface area contributed by atoms with E-state index < -0.39 is 29.6 Å². The molecular weight excluding hydrogens is 1070 g/mol. The van der Waals surface area contributed by atoms with Crippen LogP contribution in [0.25, 0.3) is 71.6 Å². The normalized spacial score (nSPS) is 12.3. The Bertz CT molecular complexity index is 4510. The summed E-state index contributed by atoms with van der Waals surface area (Å²) in [5.41, 5.74) is 9.01. The number of ether oxygens (including phenoxy) is 1. The van der Waals surface area contributed by atoms with Crippen molar-refractivity contribution in [3.05, 3.63) is 256 Å². The molecule has 0 aliphatic rings. The van der Waals surface area contributed by atoms with Crippen LogP contribution in [0.15, 0.2) is 215 Å². The average molecular weight is 1120 g/mol. The molecule has 0 bridgehead atoms. The van der Waals surface area contributed by atoms with E-state index in [4.69, 9.17) is 46.7 Å². The third-order valence-corrected chi connectivity index (χ3v) is 15.6. The van der Waals surface area contributed by atoms with Crippen LogP contribution >= 0.6 is 23.2 Å². The van der Waals surface area contributed by atoms with Crippen molar-refractivity contribution < 1.29 is 26.5 Å². The first-order valence-corrected chi connectivity index (χ1v) is 28.3. The highest BCUT2D eigenvalue weighted by Crippen LogP contribution is 2.39. The molecule has 0 fully saturated rings. The number of hydrogen-bond acceptors (Lipinski definition) is 8. The SMILES string of the molecule is [C-]#[N+]/C(c1nc2ccc(Cl)cc2o1)=c1\c2c(-c3ccccc3C)n(B(c3ccccc3)c3ccccc3)/c(=C(/C#N)c3nc4ccc(Cl)cc4o3)c2c(-c2ccc(OCCCS(=O)(=O)O)cc2)n1B(c1ccccc1)c1ccccc1. The first-order valence-electron chi connectivity index (χ1n) is 25.9. The number of aromatic nitrogens is 4. The maximum Gasteiger partial charge on any atom is 0.328 e. The van der Waals surface area contributed by atoms with Crippen LogP contribution in [-0.4, -0.2) is 57.9 Å². The van der Waals surface area contributed by atoms with E-state index in [9.17, 15) is 24.8 Å². The van der Waals surface area contributed by atoms with E-state index in [-0.39, 0.29) is 36.1 Å². The van der Waals surface area contributed by atoms with Gasteiger partial charge in [0.25, 0.3) is 15.8 Å². The van der Waals surface area contributed by atoms with Gasteiger partial charge in [-0.05, 0) is 73.0 Å². The van der Waals surface area contributed by atoms with Gasteiger partial charge in [-0.2, -0.15) is 13.7 Å². The molecule has 17 heteroatoms. The van der Waals surface area contributed by atoms with E-state index in [1.807, 2.05) is 110 Å². The van der Waals surface area contributed by atoms with Gasteiger partial charge in [0.05, 0.1) is 29.6 Å². The first-order chi connectivity index (χ1) is 39.5. The molecule has 12 rings (SSSR count). The molecule has 0 saturated carbocycles. The molecule has 0 saturated heterocycles. The molecule has 4 aromatic heterocycles. The Hall–Kier alpha value is -9.34. The summed E-state index contributed by atoms with van der Waals surface area (Å²) in [4.78, 5) is 14.6. The van der Waals surface area contributed by atoms with Crippen molar-refractivity contribution in [1.29, 1.82) is 5.26 Å². The van der Waals surface area contributed by atoms with Gasteiger partial charge in [-0.15, -0.1) is 0 Å². The highest BCUT2D eigenvalue weighted by Gasteiger charge is 2.38.